The molecule has 0 aliphatic rings. The van der Waals surface area contributed by atoms with Gasteiger partial charge in [0, 0.05) is 22.3 Å². The fourth-order valence-corrected chi connectivity index (χ4v) is 3.42. The molecule has 3 rings (SSSR count). The molecule has 1 aromatic carbocycles. The Hall–Kier alpha value is -2.93. The zero-order chi connectivity index (χ0) is 18.8. The number of methoxy groups -OCH3 is 1. The summed E-state index contributed by atoms with van der Waals surface area (Å²) in [5.74, 6) is -0.767. The molecule has 2 aromatic heterocycles. The van der Waals surface area contributed by atoms with Crippen LogP contribution in [0.2, 0.25) is 0 Å². The van der Waals surface area contributed by atoms with E-state index in [1.807, 2.05) is 36.6 Å². The van der Waals surface area contributed by atoms with Gasteiger partial charge in [-0.15, -0.1) is 11.3 Å². The van der Waals surface area contributed by atoms with Crippen LogP contribution in [0.4, 0.5) is 5.69 Å². The van der Waals surface area contributed by atoms with Crippen molar-refractivity contribution in [1.29, 1.82) is 0 Å². The van der Waals surface area contributed by atoms with E-state index in [1.165, 1.54) is 7.11 Å². The second-order valence-corrected chi connectivity index (χ2v) is 6.96. The van der Waals surface area contributed by atoms with E-state index < -0.39 is 5.97 Å². The van der Waals surface area contributed by atoms with Gasteiger partial charge in [0.25, 0.3) is 5.91 Å². The highest BCUT2D eigenvalue weighted by atomic mass is 32.1. The maximum atomic E-state index is 12.6. The Bertz CT molecular complexity index is 971. The Balaban J connectivity index is 1.79. The SMILES string of the molecule is COC(=O)c1c(C)[nH]c(C(=O)Nc2ccc(-c3csc(C)n3)cc2)c1C. The molecular weight excluding hydrogens is 350 g/mol. The highest BCUT2D eigenvalue weighted by Crippen LogP contribution is 2.24. The van der Waals surface area contributed by atoms with Gasteiger partial charge in [-0.2, -0.15) is 0 Å². The van der Waals surface area contributed by atoms with Crippen LogP contribution < -0.4 is 5.32 Å². The number of benzene rings is 1. The zero-order valence-corrected chi connectivity index (χ0v) is 15.8. The van der Waals surface area contributed by atoms with Crippen LogP contribution >= 0.6 is 11.3 Å². The zero-order valence-electron chi connectivity index (χ0n) is 15.0. The summed E-state index contributed by atoms with van der Waals surface area (Å²) in [6.45, 7) is 5.42. The molecule has 1 amide bonds. The van der Waals surface area contributed by atoms with Crippen LogP contribution in [-0.4, -0.2) is 29.0 Å². The highest BCUT2D eigenvalue weighted by Gasteiger charge is 2.22. The van der Waals surface area contributed by atoms with Crippen molar-refractivity contribution in [3.8, 4) is 11.3 Å². The van der Waals surface area contributed by atoms with E-state index in [1.54, 1.807) is 25.2 Å². The molecule has 3 aromatic rings. The minimum Gasteiger partial charge on any atom is -0.465 e. The van der Waals surface area contributed by atoms with E-state index >= 15 is 0 Å². The minimum absolute atomic E-state index is 0.307. The Morgan fingerprint density at radius 1 is 1.15 bits per heavy atom. The molecule has 0 spiro atoms. The van der Waals surface area contributed by atoms with Gasteiger partial charge in [-0.3, -0.25) is 4.79 Å². The summed E-state index contributed by atoms with van der Waals surface area (Å²) in [5.41, 5.74) is 4.50. The number of rotatable bonds is 4. The number of carbonyl (C=O) groups excluding carboxylic acids is 2. The summed E-state index contributed by atoms with van der Waals surface area (Å²) in [5, 5.41) is 5.85. The molecule has 2 heterocycles. The summed E-state index contributed by atoms with van der Waals surface area (Å²) in [7, 11) is 1.32. The van der Waals surface area contributed by atoms with Gasteiger partial charge in [0.15, 0.2) is 0 Å². The molecule has 0 fully saturated rings. The summed E-state index contributed by atoms with van der Waals surface area (Å²) < 4.78 is 4.77. The number of carbonyl (C=O) groups is 2. The number of hydrogen-bond donors (Lipinski definition) is 2. The van der Waals surface area contributed by atoms with Gasteiger partial charge in [-0.1, -0.05) is 12.1 Å². The van der Waals surface area contributed by atoms with Crippen LogP contribution in [0, 0.1) is 20.8 Å². The van der Waals surface area contributed by atoms with Crippen molar-refractivity contribution in [1.82, 2.24) is 9.97 Å². The van der Waals surface area contributed by atoms with E-state index in [9.17, 15) is 9.59 Å². The molecule has 26 heavy (non-hydrogen) atoms. The lowest BCUT2D eigenvalue weighted by Gasteiger charge is -2.06. The smallest absolute Gasteiger partial charge is 0.339 e. The highest BCUT2D eigenvalue weighted by molar-refractivity contribution is 7.09. The number of anilines is 1. The molecule has 0 bridgehead atoms. The topological polar surface area (TPSA) is 84.1 Å². The van der Waals surface area contributed by atoms with Crippen LogP contribution in [0.1, 0.15) is 37.1 Å². The predicted octanol–water partition coefficient (Wildman–Crippen LogP) is 4.10. The fraction of sp³-hybridized carbons (Fsp3) is 0.211. The van der Waals surface area contributed by atoms with Crippen molar-refractivity contribution in [2.75, 3.05) is 12.4 Å². The third-order valence-electron chi connectivity index (χ3n) is 4.11. The molecule has 134 valence electrons. The molecule has 2 N–H and O–H groups in total. The quantitative estimate of drug-likeness (QED) is 0.678. The number of nitrogens with one attached hydrogen (secondary N) is 2. The largest absolute Gasteiger partial charge is 0.465 e. The molecule has 0 saturated carbocycles. The van der Waals surface area contributed by atoms with Gasteiger partial charge in [-0.05, 0) is 38.5 Å². The number of hydrogen-bond acceptors (Lipinski definition) is 5. The average Bonchev–Trinajstić information content (AvgIpc) is 3.18. The Labute approximate surface area is 155 Å². The molecule has 0 aliphatic carbocycles. The Morgan fingerprint density at radius 2 is 1.85 bits per heavy atom. The van der Waals surface area contributed by atoms with Crippen LogP contribution in [0.3, 0.4) is 0 Å². The van der Waals surface area contributed by atoms with Crippen molar-refractivity contribution in [3.63, 3.8) is 0 Å². The fourth-order valence-electron chi connectivity index (χ4n) is 2.80. The number of amides is 1. The van der Waals surface area contributed by atoms with E-state index in [4.69, 9.17) is 4.74 Å². The number of esters is 1. The van der Waals surface area contributed by atoms with Crippen LogP contribution in [0.5, 0.6) is 0 Å². The van der Waals surface area contributed by atoms with Crippen molar-refractivity contribution in [2.24, 2.45) is 0 Å². The predicted molar refractivity (Wildman–Crippen MR) is 102 cm³/mol. The number of nitrogens with zero attached hydrogens (tertiary/aromatic N) is 1. The first kappa shape index (κ1) is 17.9. The van der Waals surface area contributed by atoms with Crippen molar-refractivity contribution in [2.45, 2.75) is 20.8 Å². The summed E-state index contributed by atoms with van der Waals surface area (Å²) in [4.78, 5) is 31.8. The standard InChI is InChI=1S/C19H19N3O3S/c1-10-16(19(24)25-4)11(2)20-17(10)18(23)22-14-7-5-13(6-8-14)15-9-26-12(3)21-15/h5-9,20H,1-4H3,(H,22,23). The summed E-state index contributed by atoms with van der Waals surface area (Å²) >= 11 is 1.60. The first-order valence-corrected chi connectivity index (χ1v) is 8.90. The lowest BCUT2D eigenvalue weighted by molar-refractivity contribution is 0.0599. The second kappa shape index (κ2) is 7.13. The maximum Gasteiger partial charge on any atom is 0.339 e. The van der Waals surface area contributed by atoms with E-state index in [0.29, 0.717) is 28.2 Å². The first-order chi connectivity index (χ1) is 12.4. The van der Waals surface area contributed by atoms with Crippen LogP contribution in [0.25, 0.3) is 11.3 Å². The number of H-pyrrole nitrogens is 1. The van der Waals surface area contributed by atoms with Gasteiger partial charge in [-0.25, -0.2) is 9.78 Å². The molecule has 0 aliphatic heterocycles. The lowest BCUT2D eigenvalue weighted by Crippen LogP contribution is -2.14. The molecule has 0 radical (unpaired) electrons. The number of ether oxygens (including phenoxy) is 1. The Morgan fingerprint density at radius 3 is 2.42 bits per heavy atom. The lowest BCUT2D eigenvalue weighted by atomic mass is 10.1. The molecule has 0 unspecified atom stereocenters. The normalized spacial score (nSPS) is 10.6. The van der Waals surface area contributed by atoms with Gasteiger partial charge in [0.1, 0.15) is 5.69 Å². The van der Waals surface area contributed by atoms with Gasteiger partial charge >= 0.3 is 5.97 Å². The minimum atomic E-state index is -0.460. The van der Waals surface area contributed by atoms with Crippen molar-refractivity contribution < 1.29 is 14.3 Å². The van der Waals surface area contributed by atoms with Crippen molar-refractivity contribution >= 4 is 28.9 Å². The molecular formula is C19H19N3O3S. The van der Waals surface area contributed by atoms with Crippen LogP contribution in [-0.2, 0) is 4.74 Å². The molecule has 0 saturated heterocycles. The summed E-state index contributed by atoms with van der Waals surface area (Å²) in [6, 6.07) is 7.48. The third-order valence-corrected chi connectivity index (χ3v) is 4.89. The van der Waals surface area contributed by atoms with Gasteiger partial charge in [0.2, 0.25) is 0 Å². The Kier molecular flexibility index (Phi) is 4.90. The average molecular weight is 369 g/mol. The van der Waals surface area contributed by atoms with E-state index in [-0.39, 0.29) is 5.91 Å². The number of thiazole rings is 1. The number of aromatic amines is 1. The van der Waals surface area contributed by atoms with Crippen molar-refractivity contribution in [3.05, 3.63) is 57.2 Å². The van der Waals surface area contributed by atoms with E-state index in [0.717, 1.165) is 16.3 Å². The molecule has 7 heteroatoms. The van der Waals surface area contributed by atoms with E-state index in [2.05, 4.69) is 15.3 Å². The maximum absolute atomic E-state index is 12.6. The summed E-state index contributed by atoms with van der Waals surface area (Å²) in [6.07, 6.45) is 0. The third kappa shape index (κ3) is 3.39. The van der Waals surface area contributed by atoms with Gasteiger partial charge < -0.3 is 15.0 Å². The molecule has 6 nitrogen and oxygen atoms in total. The first-order valence-electron chi connectivity index (χ1n) is 8.02. The number of aromatic nitrogens is 2. The van der Waals surface area contributed by atoms with Crippen LogP contribution in [0.15, 0.2) is 29.6 Å². The monoisotopic (exact) mass is 369 g/mol. The number of aryl methyl sites for hydroxylation is 2. The molecule has 0 atom stereocenters. The second-order valence-electron chi connectivity index (χ2n) is 5.90. The van der Waals surface area contributed by atoms with Gasteiger partial charge in [0.05, 0.1) is 23.4 Å².